The molecule has 23 heavy (non-hydrogen) atoms. The SMILES string of the molecule is C=CCC(=O)N1CCC2(CCCN(CC3CCCCC3)C2=O)C1. The first kappa shape index (κ1) is 16.5. The Kier molecular flexibility index (Phi) is 5.08. The van der Waals surface area contributed by atoms with Crippen LogP contribution >= 0.6 is 0 Å². The van der Waals surface area contributed by atoms with E-state index >= 15 is 0 Å². The van der Waals surface area contributed by atoms with Crippen molar-refractivity contribution in [1.29, 1.82) is 0 Å². The highest BCUT2D eigenvalue weighted by Crippen LogP contribution is 2.41. The molecule has 4 nitrogen and oxygen atoms in total. The summed E-state index contributed by atoms with van der Waals surface area (Å²) in [5.74, 6) is 1.14. The van der Waals surface area contributed by atoms with Crippen molar-refractivity contribution in [3.8, 4) is 0 Å². The van der Waals surface area contributed by atoms with Crippen LogP contribution < -0.4 is 0 Å². The average Bonchev–Trinajstić information content (AvgIpc) is 2.99. The van der Waals surface area contributed by atoms with Crippen LogP contribution in [0.5, 0.6) is 0 Å². The molecule has 128 valence electrons. The van der Waals surface area contributed by atoms with Crippen molar-refractivity contribution < 1.29 is 9.59 Å². The maximum atomic E-state index is 13.1. The van der Waals surface area contributed by atoms with Crippen molar-refractivity contribution in [3.63, 3.8) is 0 Å². The van der Waals surface area contributed by atoms with Crippen LogP contribution in [0.1, 0.15) is 57.8 Å². The van der Waals surface area contributed by atoms with Gasteiger partial charge in [0.1, 0.15) is 0 Å². The summed E-state index contributed by atoms with van der Waals surface area (Å²) in [6.07, 6.45) is 11.5. The van der Waals surface area contributed by atoms with Gasteiger partial charge in [-0.15, -0.1) is 6.58 Å². The van der Waals surface area contributed by atoms with E-state index < -0.39 is 0 Å². The number of amides is 2. The van der Waals surface area contributed by atoms with Crippen molar-refractivity contribution in [2.24, 2.45) is 11.3 Å². The third-order valence-electron chi connectivity index (χ3n) is 6.05. The molecular formula is C19H30N2O2. The molecule has 1 unspecified atom stereocenters. The molecule has 3 aliphatic rings. The van der Waals surface area contributed by atoms with E-state index in [9.17, 15) is 9.59 Å². The predicted molar refractivity (Wildman–Crippen MR) is 90.8 cm³/mol. The molecule has 1 spiro atoms. The smallest absolute Gasteiger partial charge is 0.230 e. The molecule has 0 radical (unpaired) electrons. The maximum Gasteiger partial charge on any atom is 0.230 e. The normalized spacial score (nSPS) is 29.3. The molecule has 1 aliphatic carbocycles. The molecule has 1 saturated carbocycles. The van der Waals surface area contributed by atoms with Gasteiger partial charge in [0.05, 0.1) is 5.41 Å². The average molecular weight is 318 g/mol. The standard InChI is InChI=1S/C19H30N2O2/c1-2-7-17(22)21-13-11-19(15-21)10-6-12-20(18(19)23)14-16-8-4-3-5-9-16/h2,16H,1,3-15H2. The second kappa shape index (κ2) is 7.06. The topological polar surface area (TPSA) is 40.6 Å². The van der Waals surface area contributed by atoms with Crippen molar-refractivity contribution in [1.82, 2.24) is 9.80 Å². The van der Waals surface area contributed by atoms with Crippen molar-refractivity contribution in [3.05, 3.63) is 12.7 Å². The first-order valence-corrected chi connectivity index (χ1v) is 9.33. The lowest BCUT2D eigenvalue weighted by molar-refractivity contribution is -0.147. The molecular weight excluding hydrogens is 288 g/mol. The number of piperidine rings is 1. The van der Waals surface area contributed by atoms with Gasteiger partial charge in [0.15, 0.2) is 0 Å². The molecule has 0 aromatic heterocycles. The highest BCUT2D eigenvalue weighted by Gasteiger charge is 2.49. The number of hydrogen-bond acceptors (Lipinski definition) is 2. The molecule has 2 heterocycles. The molecule has 2 saturated heterocycles. The zero-order valence-electron chi connectivity index (χ0n) is 14.3. The van der Waals surface area contributed by atoms with Crippen LogP contribution in [0.2, 0.25) is 0 Å². The maximum absolute atomic E-state index is 13.1. The number of likely N-dealkylation sites (tertiary alicyclic amines) is 2. The first-order valence-electron chi connectivity index (χ1n) is 9.33. The Morgan fingerprint density at radius 2 is 1.96 bits per heavy atom. The van der Waals surface area contributed by atoms with E-state index in [1.54, 1.807) is 6.08 Å². The second-order valence-electron chi connectivity index (χ2n) is 7.70. The van der Waals surface area contributed by atoms with Gasteiger partial charge in [0.2, 0.25) is 11.8 Å². The molecule has 2 aliphatic heterocycles. The molecule has 4 heteroatoms. The van der Waals surface area contributed by atoms with Crippen LogP contribution in [-0.4, -0.2) is 47.8 Å². The summed E-state index contributed by atoms with van der Waals surface area (Å²) in [7, 11) is 0. The summed E-state index contributed by atoms with van der Waals surface area (Å²) >= 11 is 0. The summed E-state index contributed by atoms with van der Waals surface area (Å²) in [5, 5.41) is 0. The number of carbonyl (C=O) groups excluding carboxylic acids is 2. The minimum Gasteiger partial charge on any atom is -0.342 e. The van der Waals surface area contributed by atoms with Crippen LogP contribution in [0.4, 0.5) is 0 Å². The third kappa shape index (κ3) is 3.46. The monoisotopic (exact) mass is 318 g/mol. The molecule has 3 rings (SSSR count). The highest BCUT2D eigenvalue weighted by atomic mass is 16.2. The fourth-order valence-electron chi connectivity index (χ4n) is 4.72. The molecule has 0 bridgehead atoms. The molecule has 0 aromatic rings. The summed E-state index contributed by atoms with van der Waals surface area (Å²) in [6.45, 7) is 6.86. The van der Waals surface area contributed by atoms with Crippen molar-refractivity contribution in [2.75, 3.05) is 26.2 Å². The highest BCUT2D eigenvalue weighted by molar-refractivity contribution is 5.86. The van der Waals surface area contributed by atoms with Gasteiger partial charge in [-0.1, -0.05) is 25.3 Å². The van der Waals surface area contributed by atoms with Crippen LogP contribution in [0, 0.1) is 11.3 Å². The van der Waals surface area contributed by atoms with Gasteiger partial charge in [-0.05, 0) is 38.0 Å². The predicted octanol–water partition coefficient (Wildman–Crippen LogP) is 2.98. The lowest BCUT2D eigenvalue weighted by Gasteiger charge is -2.41. The lowest BCUT2D eigenvalue weighted by Crippen LogP contribution is -2.51. The molecule has 0 aromatic carbocycles. The fourth-order valence-corrected chi connectivity index (χ4v) is 4.72. The number of carbonyl (C=O) groups is 2. The fraction of sp³-hybridized carbons (Fsp3) is 0.789. The zero-order valence-corrected chi connectivity index (χ0v) is 14.3. The van der Waals surface area contributed by atoms with Gasteiger partial charge in [-0.25, -0.2) is 0 Å². The Hall–Kier alpha value is -1.32. The Bertz CT molecular complexity index is 470. The summed E-state index contributed by atoms with van der Waals surface area (Å²) in [5.41, 5.74) is -0.288. The lowest BCUT2D eigenvalue weighted by atomic mass is 9.77. The Balaban J connectivity index is 1.62. The van der Waals surface area contributed by atoms with Crippen LogP contribution in [-0.2, 0) is 9.59 Å². The minimum atomic E-state index is -0.288. The molecule has 3 fully saturated rings. The molecule has 0 N–H and O–H groups in total. The van der Waals surface area contributed by atoms with Gasteiger partial charge in [-0.3, -0.25) is 9.59 Å². The molecule has 1 atom stereocenters. The van der Waals surface area contributed by atoms with E-state index in [2.05, 4.69) is 11.5 Å². The van der Waals surface area contributed by atoms with Gasteiger partial charge < -0.3 is 9.80 Å². The van der Waals surface area contributed by atoms with Gasteiger partial charge in [-0.2, -0.15) is 0 Å². The first-order chi connectivity index (χ1) is 11.1. The van der Waals surface area contributed by atoms with Crippen LogP contribution in [0.25, 0.3) is 0 Å². The molecule has 2 amide bonds. The number of rotatable bonds is 4. The van der Waals surface area contributed by atoms with Crippen LogP contribution in [0.3, 0.4) is 0 Å². The minimum absolute atomic E-state index is 0.120. The number of hydrogen-bond donors (Lipinski definition) is 0. The van der Waals surface area contributed by atoms with E-state index in [4.69, 9.17) is 0 Å². The van der Waals surface area contributed by atoms with Crippen molar-refractivity contribution >= 4 is 11.8 Å². The van der Waals surface area contributed by atoms with E-state index in [1.165, 1.54) is 32.1 Å². The van der Waals surface area contributed by atoms with E-state index in [1.807, 2.05) is 4.90 Å². The van der Waals surface area contributed by atoms with Gasteiger partial charge in [0, 0.05) is 32.6 Å². The third-order valence-corrected chi connectivity index (χ3v) is 6.05. The van der Waals surface area contributed by atoms with Gasteiger partial charge >= 0.3 is 0 Å². The van der Waals surface area contributed by atoms with E-state index in [0.717, 1.165) is 38.9 Å². The second-order valence-corrected chi connectivity index (χ2v) is 7.70. The van der Waals surface area contributed by atoms with Gasteiger partial charge in [0.25, 0.3) is 0 Å². The summed E-state index contributed by atoms with van der Waals surface area (Å²) in [6, 6.07) is 0. The Morgan fingerprint density at radius 3 is 2.70 bits per heavy atom. The Labute approximate surface area is 139 Å². The Morgan fingerprint density at radius 1 is 1.17 bits per heavy atom. The number of nitrogens with zero attached hydrogens (tertiary/aromatic N) is 2. The quantitative estimate of drug-likeness (QED) is 0.748. The van der Waals surface area contributed by atoms with E-state index in [0.29, 0.717) is 24.8 Å². The van der Waals surface area contributed by atoms with Crippen molar-refractivity contribution in [2.45, 2.75) is 57.8 Å². The largest absolute Gasteiger partial charge is 0.342 e. The van der Waals surface area contributed by atoms with Crippen LogP contribution in [0.15, 0.2) is 12.7 Å². The summed E-state index contributed by atoms with van der Waals surface area (Å²) < 4.78 is 0. The van der Waals surface area contributed by atoms with E-state index in [-0.39, 0.29) is 11.3 Å². The summed E-state index contributed by atoms with van der Waals surface area (Å²) in [4.78, 5) is 29.2. The zero-order chi connectivity index (χ0) is 16.3.